The average Bonchev–Trinajstić information content (AvgIpc) is 2.86. The van der Waals surface area contributed by atoms with Gasteiger partial charge in [0, 0.05) is 30.4 Å². The van der Waals surface area contributed by atoms with Crippen LogP contribution in [0.5, 0.6) is 5.75 Å². The van der Waals surface area contributed by atoms with Crippen LogP contribution in [0.2, 0.25) is 0 Å². The van der Waals surface area contributed by atoms with E-state index in [1.807, 2.05) is 36.4 Å². The van der Waals surface area contributed by atoms with Crippen LogP contribution in [0.15, 0.2) is 66.9 Å². The first-order valence-corrected chi connectivity index (χ1v) is 11.7. The third kappa shape index (κ3) is 5.28. The van der Waals surface area contributed by atoms with Gasteiger partial charge in [-0.25, -0.2) is 0 Å². The van der Waals surface area contributed by atoms with Gasteiger partial charge in [0.2, 0.25) is 0 Å². The van der Waals surface area contributed by atoms with Gasteiger partial charge in [0.05, 0.1) is 12.2 Å². The minimum Gasteiger partial charge on any atom is -0.482 e. The smallest absolute Gasteiger partial charge is 0.265 e. The lowest BCUT2D eigenvalue weighted by atomic mass is 9.82. The summed E-state index contributed by atoms with van der Waals surface area (Å²) in [5.74, 6) is 0.524. The van der Waals surface area contributed by atoms with Gasteiger partial charge in [-0.3, -0.25) is 14.6 Å². The van der Waals surface area contributed by atoms with Gasteiger partial charge in [-0.2, -0.15) is 0 Å². The molecule has 0 spiro atoms. The molecule has 0 aliphatic carbocycles. The minimum atomic E-state index is -0.123. The zero-order valence-corrected chi connectivity index (χ0v) is 20.0. The lowest BCUT2D eigenvalue weighted by Gasteiger charge is -2.32. The molecule has 0 fully saturated rings. The molecule has 176 valence electrons. The Hall–Kier alpha value is -3.67. The molecule has 2 heterocycles. The predicted molar refractivity (Wildman–Crippen MR) is 133 cm³/mol. The van der Waals surface area contributed by atoms with Crippen molar-refractivity contribution in [3.8, 4) is 5.75 Å². The van der Waals surface area contributed by atoms with E-state index in [2.05, 4.69) is 43.2 Å². The van der Waals surface area contributed by atoms with Crippen LogP contribution in [0.3, 0.4) is 0 Å². The summed E-state index contributed by atoms with van der Waals surface area (Å²) in [6.07, 6.45) is 3.42. The maximum Gasteiger partial charge on any atom is 0.265 e. The summed E-state index contributed by atoms with van der Waals surface area (Å²) in [5.41, 5.74) is 4.46. The van der Waals surface area contributed by atoms with Gasteiger partial charge in [-0.15, -0.1) is 0 Å². The summed E-state index contributed by atoms with van der Waals surface area (Å²) in [6, 6.07) is 19.3. The molecule has 0 unspecified atom stereocenters. The molecule has 2 amide bonds. The van der Waals surface area contributed by atoms with Gasteiger partial charge in [-0.1, -0.05) is 45.0 Å². The highest BCUT2D eigenvalue weighted by atomic mass is 16.5. The molecule has 1 N–H and O–H groups in total. The average molecular weight is 458 g/mol. The summed E-state index contributed by atoms with van der Waals surface area (Å²) >= 11 is 0. The Morgan fingerprint density at radius 2 is 1.91 bits per heavy atom. The first-order valence-electron chi connectivity index (χ1n) is 11.7. The van der Waals surface area contributed by atoms with Crippen LogP contribution in [0.1, 0.15) is 54.4 Å². The number of ether oxygens (including phenoxy) is 1. The highest BCUT2D eigenvalue weighted by molar-refractivity contribution is 5.98. The molecule has 34 heavy (non-hydrogen) atoms. The van der Waals surface area contributed by atoms with E-state index in [1.165, 1.54) is 5.56 Å². The number of carbonyl (C=O) groups excluding carboxylic acids is 2. The fraction of sp³-hybridized carbons (Fsp3) is 0.321. The van der Waals surface area contributed by atoms with Crippen molar-refractivity contribution < 1.29 is 14.3 Å². The summed E-state index contributed by atoms with van der Waals surface area (Å²) in [7, 11) is 0. The number of amides is 2. The van der Waals surface area contributed by atoms with E-state index in [1.54, 1.807) is 23.2 Å². The number of pyridine rings is 1. The Bertz CT molecular complexity index is 1160. The fourth-order valence-electron chi connectivity index (χ4n) is 3.90. The normalized spacial score (nSPS) is 13.3. The van der Waals surface area contributed by atoms with E-state index in [-0.39, 0.29) is 23.8 Å². The second-order valence-electron chi connectivity index (χ2n) is 9.21. The molecular formula is C28H31N3O3. The molecule has 1 aliphatic rings. The molecule has 6 heteroatoms. The number of carbonyl (C=O) groups is 2. The third-order valence-electron chi connectivity index (χ3n) is 6.52. The first-order chi connectivity index (χ1) is 16.4. The van der Waals surface area contributed by atoms with Gasteiger partial charge < -0.3 is 15.0 Å². The maximum atomic E-state index is 12.7. The van der Waals surface area contributed by atoms with Crippen LogP contribution in [-0.2, 0) is 23.2 Å². The SMILES string of the molecule is CCC(C)(C)c1ccc2c(c1)N(Cc1ccc(C(=O)NCCc3ccccn3)cc1)C(=O)CO2. The summed E-state index contributed by atoms with van der Waals surface area (Å²) in [5, 5.41) is 2.93. The van der Waals surface area contributed by atoms with Crippen molar-refractivity contribution in [1.29, 1.82) is 0 Å². The predicted octanol–water partition coefficient (Wildman–Crippen LogP) is 4.67. The van der Waals surface area contributed by atoms with Crippen LogP contribution in [0.4, 0.5) is 5.69 Å². The number of rotatable bonds is 8. The Labute approximate surface area is 201 Å². The van der Waals surface area contributed by atoms with Gasteiger partial charge in [0.25, 0.3) is 11.8 Å². The molecule has 3 aromatic rings. The largest absolute Gasteiger partial charge is 0.482 e. The molecular weight excluding hydrogens is 426 g/mol. The molecule has 1 aromatic heterocycles. The highest BCUT2D eigenvalue weighted by Gasteiger charge is 2.28. The molecule has 1 aliphatic heterocycles. The lowest BCUT2D eigenvalue weighted by molar-refractivity contribution is -0.121. The van der Waals surface area contributed by atoms with Gasteiger partial charge in [0.1, 0.15) is 5.75 Å². The van der Waals surface area contributed by atoms with Crippen molar-refractivity contribution in [3.63, 3.8) is 0 Å². The first kappa shape index (κ1) is 23.5. The zero-order valence-electron chi connectivity index (χ0n) is 20.0. The maximum absolute atomic E-state index is 12.7. The van der Waals surface area contributed by atoms with E-state index in [0.717, 1.165) is 29.1 Å². The molecule has 2 aromatic carbocycles. The molecule has 0 bridgehead atoms. The van der Waals surface area contributed by atoms with E-state index >= 15 is 0 Å². The van der Waals surface area contributed by atoms with Gasteiger partial charge >= 0.3 is 0 Å². The van der Waals surface area contributed by atoms with Crippen molar-refractivity contribution in [2.24, 2.45) is 0 Å². The summed E-state index contributed by atoms with van der Waals surface area (Å²) < 4.78 is 5.68. The second-order valence-corrected chi connectivity index (χ2v) is 9.21. The number of nitrogens with zero attached hydrogens (tertiary/aromatic N) is 2. The Morgan fingerprint density at radius 1 is 1.12 bits per heavy atom. The molecule has 0 saturated carbocycles. The third-order valence-corrected chi connectivity index (χ3v) is 6.52. The standard InChI is InChI=1S/C28H31N3O3/c1-4-28(2,3)22-12-13-25-24(17-22)31(26(32)19-34-25)18-20-8-10-21(11-9-20)27(33)30-16-14-23-7-5-6-15-29-23/h5-13,15,17H,4,14,16,18-19H2,1-3H3,(H,30,33). The lowest BCUT2D eigenvalue weighted by Crippen LogP contribution is -2.38. The summed E-state index contributed by atoms with van der Waals surface area (Å²) in [6.45, 7) is 7.53. The number of hydrogen-bond acceptors (Lipinski definition) is 4. The molecule has 6 nitrogen and oxygen atoms in total. The van der Waals surface area contributed by atoms with Crippen LogP contribution >= 0.6 is 0 Å². The van der Waals surface area contributed by atoms with Crippen LogP contribution in [0.25, 0.3) is 0 Å². The molecule has 0 atom stereocenters. The van der Waals surface area contributed by atoms with E-state index < -0.39 is 0 Å². The number of nitrogens with one attached hydrogen (secondary N) is 1. The number of benzene rings is 2. The Kier molecular flexibility index (Phi) is 6.96. The minimum absolute atomic E-state index is 0.00672. The van der Waals surface area contributed by atoms with E-state index in [4.69, 9.17) is 4.74 Å². The highest BCUT2D eigenvalue weighted by Crippen LogP contribution is 2.38. The number of fused-ring (bicyclic) bond motifs is 1. The van der Waals surface area contributed by atoms with Crippen molar-refractivity contribution in [3.05, 3.63) is 89.2 Å². The number of hydrogen-bond donors (Lipinski definition) is 1. The van der Waals surface area contributed by atoms with Crippen LogP contribution in [-0.4, -0.2) is 29.9 Å². The number of anilines is 1. The number of aromatic nitrogens is 1. The van der Waals surface area contributed by atoms with Crippen LogP contribution in [0, 0.1) is 0 Å². The van der Waals surface area contributed by atoms with Gasteiger partial charge in [0.15, 0.2) is 6.61 Å². The van der Waals surface area contributed by atoms with Crippen molar-refractivity contribution in [2.75, 3.05) is 18.1 Å². The van der Waals surface area contributed by atoms with Crippen LogP contribution < -0.4 is 15.0 Å². The molecule has 4 rings (SSSR count). The van der Waals surface area contributed by atoms with Crippen molar-refractivity contribution in [2.45, 2.75) is 45.6 Å². The van der Waals surface area contributed by atoms with Crippen molar-refractivity contribution >= 4 is 17.5 Å². The Balaban J connectivity index is 1.43. The monoisotopic (exact) mass is 457 g/mol. The quantitative estimate of drug-likeness (QED) is 0.534. The van der Waals surface area contributed by atoms with Crippen molar-refractivity contribution in [1.82, 2.24) is 10.3 Å². The second kappa shape index (κ2) is 10.1. The topological polar surface area (TPSA) is 71.5 Å². The molecule has 0 saturated heterocycles. The van der Waals surface area contributed by atoms with E-state index in [0.29, 0.717) is 25.1 Å². The molecule has 0 radical (unpaired) electrons. The fourth-order valence-corrected chi connectivity index (χ4v) is 3.90. The Morgan fingerprint density at radius 3 is 2.62 bits per heavy atom. The van der Waals surface area contributed by atoms with E-state index in [9.17, 15) is 9.59 Å². The van der Waals surface area contributed by atoms with Gasteiger partial charge in [-0.05, 0) is 59.4 Å². The summed E-state index contributed by atoms with van der Waals surface area (Å²) in [4.78, 5) is 31.3. The zero-order chi connectivity index (χ0) is 24.1.